The average Bonchev–Trinajstić information content (AvgIpc) is 2.89. The lowest BCUT2D eigenvalue weighted by Gasteiger charge is -2.20. The zero-order valence-corrected chi connectivity index (χ0v) is 12.1. The van der Waals surface area contributed by atoms with Gasteiger partial charge in [-0.15, -0.1) is 0 Å². The van der Waals surface area contributed by atoms with Crippen molar-refractivity contribution in [2.24, 2.45) is 11.8 Å². The summed E-state index contributed by atoms with van der Waals surface area (Å²) in [7, 11) is 1.47. The van der Waals surface area contributed by atoms with Crippen LogP contribution in [0.2, 0.25) is 0 Å². The van der Waals surface area contributed by atoms with Gasteiger partial charge in [-0.25, -0.2) is 0 Å². The Morgan fingerprint density at radius 3 is 3.06 bits per heavy atom. The van der Waals surface area contributed by atoms with Gasteiger partial charge >= 0.3 is 5.97 Å². The van der Waals surface area contributed by atoms with Crippen LogP contribution in [0, 0.1) is 11.8 Å². The molecule has 2 rings (SSSR count). The Labute approximate surface area is 116 Å². The van der Waals surface area contributed by atoms with Crippen LogP contribution in [0.25, 0.3) is 0 Å². The summed E-state index contributed by atoms with van der Waals surface area (Å²) in [6, 6.07) is 8.12. The molecule has 0 amide bonds. The number of hydrogen-bond acceptors (Lipinski definition) is 3. The first-order chi connectivity index (χ1) is 8.70. The Kier molecular flexibility index (Phi) is 4.78. The van der Waals surface area contributed by atoms with Gasteiger partial charge in [0.05, 0.1) is 13.0 Å². The van der Waals surface area contributed by atoms with E-state index >= 15 is 0 Å². The maximum absolute atomic E-state index is 11.9. The van der Waals surface area contributed by atoms with Gasteiger partial charge in [0, 0.05) is 4.47 Å². The van der Waals surface area contributed by atoms with Crippen LogP contribution < -0.4 is 5.32 Å². The van der Waals surface area contributed by atoms with Gasteiger partial charge in [-0.2, -0.15) is 0 Å². The number of halogens is 1. The second-order valence-electron chi connectivity index (χ2n) is 4.72. The third kappa shape index (κ3) is 3.33. The van der Waals surface area contributed by atoms with E-state index < -0.39 is 0 Å². The monoisotopic (exact) mass is 311 g/mol. The molecule has 1 aliphatic heterocycles. The number of carbonyl (C=O) groups is 1. The number of hydrogen-bond donors (Lipinski definition) is 1. The summed E-state index contributed by atoms with van der Waals surface area (Å²) in [6.45, 7) is 1.91. The number of ether oxygens (including phenoxy) is 1. The van der Waals surface area contributed by atoms with Crippen molar-refractivity contribution in [2.45, 2.75) is 12.8 Å². The van der Waals surface area contributed by atoms with Gasteiger partial charge in [0.25, 0.3) is 0 Å². The molecule has 1 N–H and O–H groups in total. The van der Waals surface area contributed by atoms with Crippen molar-refractivity contribution in [1.29, 1.82) is 0 Å². The summed E-state index contributed by atoms with van der Waals surface area (Å²) in [5.74, 6) is 0.249. The van der Waals surface area contributed by atoms with Crippen LogP contribution in [0.3, 0.4) is 0 Å². The maximum atomic E-state index is 11.9. The summed E-state index contributed by atoms with van der Waals surface area (Å²) in [5, 5.41) is 3.31. The molecule has 0 saturated carbocycles. The molecule has 1 aliphatic rings. The summed E-state index contributed by atoms with van der Waals surface area (Å²) in [6.07, 6.45) is 1.80. The van der Waals surface area contributed by atoms with Crippen molar-refractivity contribution in [1.82, 2.24) is 5.32 Å². The topological polar surface area (TPSA) is 38.3 Å². The number of esters is 1. The predicted molar refractivity (Wildman–Crippen MR) is 74.3 cm³/mol. The van der Waals surface area contributed by atoms with Crippen LogP contribution in [0.4, 0.5) is 0 Å². The largest absolute Gasteiger partial charge is 0.469 e. The molecular weight excluding hydrogens is 294 g/mol. The van der Waals surface area contributed by atoms with E-state index in [0.717, 1.165) is 30.4 Å². The summed E-state index contributed by atoms with van der Waals surface area (Å²) >= 11 is 3.46. The first kappa shape index (κ1) is 13.6. The number of nitrogens with one attached hydrogen (secondary N) is 1. The zero-order chi connectivity index (χ0) is 13.0. The molecule has 3 nitrogen and oxygen atoms in total. The van der Waals surface area contributed by atoms with E-state index in [1.165, 1.54) is 12.7 Å². The van der Waals surface area contributed by atoms with Crippen molar-refractivity contribution in [3.05, 3.63) is 34.3 Å². The van der Waals surface area contributed by atoms with Crippen molar-refractivity contribution < 1.29 is 9.53 Å². The molecule has 1 heterocycles. The number of benzene rings is 1. The van der Waals surface area contributed by atoms with E-state index in [9.17, 15) is 4.79 Å². The van der Waals surface area contributed by atoms with Crippen LogP contribution in [-0.4, -0.2) is 26.2 Å². The highest BCUT2D eigenvalue weighted by atomic mass is 79.9. The van der Waals surface area contributed by atoms with Gasteiger partial charge in [0.1, 0.15) is 0 Å². The molecule has 0 aliphatic carbocycles. The smallest absolute Gasteiger partial charge is 0.309 e. The molecule has 2 atom stereocenters. The number of methoxy groups -OCH3 is 1. The maximum Gasteiger partial charge on any atom is 0.309 e. The lowest BCUT2D eigenvalue weighted by molar-refractivity contribution is -0.147. The van der Waals surface area contributed by atoms with Crippen molar-refractivity contribution >= 4 is 21.9 Å². The molecule has 0 aromatic heterocycles. The summed E-state index contributed by atoms with van der Waals surface area (Å²) in [4.78, 5) is 11.9. The molecule has 1 fully saturated rings. The Hall–Kier alpha value is -0.870. The SMILES string of the molecule is COC(=O)[C@@H](Cc1cccc(Br)c1)[C@H]1CCNC1. The van der Waals surface area contributed by atoms with E-state index in [1.54, 1.807) is 0 Å². The third-order valence-corrected chi connectivity index (χ3v) is 4.01. The highest BCUT2D eigenvalue weighted by molar-refractivity contribution is 9.10. The van der Waals surface area contributed by atoms with E-state index in [4.69, 9.17) is 4.74 Å². The molecule has 0 unspecified atom stereocenters. The van der Waals surface area contributed by atoms with Gasteiger partial charge in [-0.3, -0.25) is 4.79 Å². The van der Waals surface area contributed by atoms with Crippen LogP contribution in [0.5, 0.6) is 0 Å². The van der Waals surface area contributed by atoms with Gasteiger partial charge in [-0.1, -0.05) is 28.1 Å². The van der Waals surface area contributed by atoms with Gasteiger partial charge < -0.3 is 10.1 Å². The molecule has 98 valence electrons. The van der Waals surface area contributed by atoms with Gasteiger partial charge in [0.2, 0.25) is 0 Å². The Morgan fingerprint density at radius 2 is 2.44 bits per heavy atom. The minimum Gasteiger partial charge on any atom is -0.469 e. The molecule has 0 radical (unpaired) electrons. The highest BCUT2D eigenvalue weighted by Crippen LogP contribution is 2.25. The molecular formula is C14H18BrNO2. The minimum atomic E-state index is -0.0938. The molecule has 1 saturated heterocycles. The second kappa shape index (κ2) is 6.34. The van der Waals surface area contributed by atoms with E-state index in [2.05, 4.69) is 33.4 Å². The quantitative estimate of drug-likeness (QED) is 0.868. The fraction of sp³-hybridized carbons (Fsp3) is 0.500. The Balaban J connectivity index is 2.11. The summed E-state index contributed by atoms with van der Waals surface area (Å²) < 4.78 is 6.00. The van der Waals surface area contributed by atoms with Crippen LogP contribution in [-0.2, 0) is 16.0 Å². The fourth-order valence-corrected chi connectivity index (χ4v) is 2.98. The minimum absolute atomic E-state index is 0.0423. The van der Waals surface area contributed by atoms with Crippen LogP contribution in [0.15, 0.2) is 28.7 Å². The summed E-state index contributed by atoms with van der Waals surface area (Å²) in [5.41, 5.74) is 1.17. The number of carbonyl (C=O) groups excluding carboxylic acids is 1. The van der Waals surface area contributed by atoms with Crippen molar-refractivity contribution in [2.75, 3.05) is 20.2 Å². The molecule has 18 heavy (non-hydrogen) atoms. The molecule has 4 heteroatoms. The Morgan fingerprint density at radius 1 is 1.61 bits per heavy atom. The Bertz CT molecular complexity index is 416. The van der Waals surface area contributed by atoms with Crippen molar-refractivity contribution in [3.63, 3.8) is 0 Å². The van der Waals surface area contributed by atoms with Gasteiger partial charge in [-0.05, 0) is 49.5 Å². The first-order valence-electron chi connectivity index (χ1n) is 6.23. The van der Waals surface area contributed by atoms with Gasteiger partial charge in [0.15, 0.2) is 0 Å². The predicted octanol–water partition coefficient (Wildman–Crippen LogP) is 2.39. The molecule has 0 spiro atoms. The highest BCUT2D eigenvalue weighted by Gasteiger charge is 2.31. The second-order valence-corrected chi connectivity index (χ2v) is 5.63. The number of rotatable bonds is 4. The van der Waals surface area contributed by atoms with Crippen LogP contribution in [0.1, 0.15) is 12.0 Å². The zero-order valence-electron chi connectivity index (χ0n) is 10.5. The normalized spacial score (nSPS) is 20.7. The standard InChI is InChI=1S/C14H18BrNO2/c1-18-14(17)13(11-5-6-16-9-11)8-10-3-2-4-12(15)7-10/h2-4,7,11,13,16H,5-6,8-9H2,1H3/t11-,13-/m0/s1. The van der Waals surface area contributed by atoms with E-state index in [-0.39, 0.29) is 11.9 Å². The molecule has 1 aromatic rings. The van der Waals surface area contributed by atoms with Crippen molar-refractivity contribution in [3.8, 4) is 0 Å². The average molecular weight is 312 g/mol. The fourth-order valence-electron chi connectivity index (χ4n) is 2.53. The molecule has 1 aromatic carbocycles. The lowest BCUT2D eigenvalue weighted by Crippen LogP contribution is -2.28. The lowest BCUT2D eigenvalue weighted by atomic mass is 9.86. The van der Waals surface area contributed by atoms with E-state index in [1.807, 2.05) is 12.1 Å². The third-order valence-electron chi connectivity index (χ3n) is 3.52. The van der Waals surface area contributed by atoms with Crippen LogP contribution >= 0.6 is 15.9 Å². The molecule has 0 bridgehead atoms. The first-order valence-corrected chi connectivity index (χ1v) is 7.03. The van der Waals surface area contributed by atoms with E-state index in [0.29, 0.717) is 5.92 Å².